The molecule has 1 aliphatic heterocycles. The fraction of sp³-hybridized carbons (Fsp3) is 0.381. The molecule has 1 N–H and O–H groups in total. The lowest BCUT2D eigenvalue weighted by Crippen LogP contribution is -2.50. The number of hydrogen-bond donors (Lipinski definition) is 1. The van der Waals surface area contributed by atoms with Crippen LogP contribution < -0.4 is 4.72 Å². The van der Waals surface area contributed by atoms with E-state index in [4.69, 9.17) is 4.74 Å². The zero-order chi connectivity index (χ0) is 20.9. The van der Waals surface area contributed by atoms with Gasteiger partial charge in [-0.1, -0.05) is 42.5 Å². The Labute approximate surface area is 170 Å². The maximum absolute atomic E-state index is 14.1. The molecule has 2 atom stereocenters. The Kier molecular flexibility index (Phi) is 7.00. The average Bonchev–Trinajstić information content (AvgIpc) is 3.20. The molecule has 0 saturated carbocycles. The van der Waals surface area contributed by atoms with Crippen molar-refractivity contribution in [2.24, 2.45) is 0 Å². The minimum atomic E-state index is -4.22. The Balaban J connectivity index is 1.82. The highest BCUT2D eigenvalue weighted by Gasteiger charge is 2.31. The minimum Gasteiger partial charge on any atom is -0.376 e. The van der Waals surface area contributed by atoms with E-state index in [1.54, 1.807) is 7.05 Å². The molecule has 2 unspecified atom stereocenters. The molecule has 1 fully saturated rings. The van der Waals surface area contributed by atoms with Crippen LogP contribution >= 0.6 is 0 Å². The number of carbonyl (C=O) groups is 1. The van der Waals surface area contributed by atoms with Gasteiger partial charge < -0.3 is 9.64 Å². The SMILES string of the molecule is CN(CC1CCCO1)C(=O)C(Cc1ccccc1)NS(=O)(=O)c1ccccc1F. The van der Waals surface area contributed by atoms with Crippen molar-refractivity contribution in [2.45, 2.75) is 36.3 Å². The molecule has 1 heterocycles. The summed E-state index contributed by atoms with van der Waals surface area (Å²) in [4.78, 5) is 14.1. The lowest BCUT2D eigenvalue weighted by molar-refractivity contribution is -0.133. The van der Waals surface area contributed by atoms with E-state index in [1.165, 1.54) is 23.1 Å². The summed E-state index contributed by atoms with van der Waals surface area (Å²) in [6.45, 7) is 1.05. The molecule has 2 aromatic carbocycles. The normalized spacial score (nSPS) is 17.8. The summed E-state index contributed by atoms with van der Waals surface area (Å²) in [5.41, 5.74) is 0.799. The van der Waals surface area contributed by atoms with Gasteiger partial charge in [-0.15, -0.1) is 0 Å². The van der Waals surface area contributed by atoms with Crippen LogP contribution in [0.1, 0.15) is 18.4 Å². The number of nitrogens with zero attached hydrogens (tertiary/aromatic N) is 1. The van der Waals surface area contributed by atoms with Crippen LogP contribution in [0.3, 0.4) is 0 Å². The van der Waals surface area contributed by atoms with Gasteiger partial charge in [0.1, 0.15) is 16.8 Å². The summed E-state index contributed by atoms with van der Waals surface area (Å²) >= 11 is 0. The number of rotatable bonds is 8. The van der Waals surface area contributed by atoms with E-state index in [9.17, 15) is 17.6 Å². The summed E-state index contributed by atoms with van der Waals surface area (Å²) in [5, 5.41) is 0. The molecule has 0 spiro atoms. The third-order valence-corrected chi connectivity index (χ3v) is 6.39. The van der Waals surface area contributed by atoms with Crippen molar-refractivity contribution < 1.29 is 22.3 Å². The topological polar surface area (TPSA) is 75.7 Å². The van der Waals surface area contributed by atoms with Gasteiger partial charge in [-0.25, -0.2) is 12.8 Å². The summed E-state index contributed by atoms with van der Waals surface area (Å²) in [6, 6.07) is 13.2. The fourth-order valence-corrected chi connectivity index (χ4v) is 4.66. The number of halogens is 1. The van der Waals surface area contributed by atoms with Crippen molar-refractivity contribution in [3.05, 3.63) is 66.0 Å². The standard InChI is InChI=1S/C21H25FN2O4S/c1-24(15-17-10-7-13-28-17)21(25)19(14-16-8-3-2-4-9-16)23-29(26,27)20-12-6-5-11-18(20)22/h2-6,8-9,11-12,17,19,23H,7,10,13-15H2,1H3. The second-order valence-corrected chi connectivity index (χ2v) is 8.83. The second kappa shape index (κ2) is 9.47. The first-order valence-corrected chi connectivity index (χ1v) is 11.0. The number of ether oxygens (including phenoxy) is 1. The molecular weight excluding hydrogens is 395 g/mol. The smallest absolute Gasteiger partial charge is 0.244 e. The lowest BCUT2D eigenvalue weighted by Gasteiger charge is -2.26. The summed E-state index contributed by atoms with van der Waals surface area (Å²) in [7, 11) is -2.60. The van der Waals surface area contributed by atoms with Crippen molar-refractivity contribution in [1.29, 1.82) is 0 Å². The summed E-state index contributed by atoms with van der Waals surface area (Å²) in [5.74, 6) is -1.25. The first kappa shape index (κ1) is 21.4. The number of amides is 1. The third-order valence-electron chi connectivity index (χ3n) is 4.88. The lowest BCUT2D eigenvalue weighted by atomic mass is 10.1. The van der Waals surface area contributed by atoms with Crippen molar-refractivity contribution in [3.63, 3.8) is 0 Å². The van der Waals surface area contributed by atoms with Crippen molar-refractivity contribution in [1.82, 2.24) is 9.62 Å². The Morgan fingerprint density at radius 2 is 1.90 bits per heavy atom. The van der Waals surface area contributed by atoms with Gasteiger partial charge in [-0.2, -0.15) is 4.72 Å². The van der Waals surface area contributed by atoms with Crippen LogP contribution in [0.15, 0.2) is 59.5 Å². The maximum Gasteiger partial charge on any atom is 0.244 e. The first-order chi connectivity index (χ1) is 13.9. The molecule has 0 aromatic heterocycles. The highest BCUT2D eigenvalue weighted by Crippen LogP contribution is 2.17. The molecule has 1 amide bonds. The summed E-state index contributed by atoms with van der Waals surface area (Å²) < 4.78 is 47.6. The quantitative estimate of drug-likeness (QED) is 0.711. The molecule has 0 bridgehead atoms. The molecule has 29 heavy (non-hydrogen) atoms. The molecule has 1 aliphatic rings. The highest BCUT2D eigenvalue weighted by atomic mass is 32.2. The zero-order valence-corrected chi connectivity index (χ0v) is 17.1. The second-order valence-electron chi connectivity index (χ2n) is 7.15. The molecular formula is C21H25FN2O4S. The highest BCUT2D eigenvalue weighted by molar-refractivity contribution is 7.89. The van der Waals surface area contributed by atoms with Gasteiger partial charge in [-0.3, -0.25) is 4.79 Å². The Morgan fingerprint density at radius 3 is 2.55 bits per heavy atom. The predicted octanol–water partition coefficient (Wildman–Crippen LogP) is 2.35. The zero-order valence-electron chi connectivity index (χ0n) is 16.3. The molecule has 2 aromatic rings. The van der Waals surface area contributed by atoms with E-state index in [-0.39, 0.29) is 18.4 Å². The van der Waals surface area contributed by atoms with Crippen LogP contribution in [-0.4, -0.2) is 51.6 Å². The van der Waals surface area contributed by atoms with Gasteiger partial charge in [0.25, 0.3) is 0 Å². The number of nitrogens with one attached hydrogen (secondary N) is 1. The van der Waals surface area contributed by atoms with Crippen LogP contribution in [0.5, 0.6) is 0 Å². The van der Waals surface area contributed by atoms with E-state index in [2.05, 4.69) is 4.72 Å². The van der Waals surface area contributed by atoms with Crippen LogP contribution in [0.25, 0.3) is 0 Å². The number of hydrogen-bond acceptors (Lipinski definition) is 4. The number of likely N-dealkylation sites (N-methyl/N-ethyl adjacent to an activating group) is 1. The minimum absolute atomic E-state index is 0.0514. The van der Waals surface area contributed by atoms with Crippen molar-refractivity contribution in [3.8, 4) is 0 Å². The van der Waals surface area contributed by atoms with Crippen LogP contribution in [0.2, 0.25) is 0 Å². The van der Waals surface area contributed by atoms with Crippen molar-refractivity contribution >= 4 is 15.9 Å². The summed E-state index contributed by atoms with van der Waals surface area (Å²) in [6.07, 6.45) is 1.91. The molecule has 3 rings (SSSR count). The predicted molar refractivity (Wildman–Crippen MR) is 107 cm³/mol. The molecule has 6 nitrogen and oxygen atoms in total. The van der Waals surface area contributed by atoms with Gasteiger partial charge in [0.2, 0.25) is 15.9 Å². The van der Waals surface area contributed by atoms with E-state index in [1.807, 2.05) is 30.3 Å². The van der Waals surface area contributed by atoms with E-state index >= 15 is 0 Å². The van der Waals surface area contributed by atoms with Crippen molar-refractivity contribution in [2.75, 3.05) is 20.2 Å². The van der Waals surface area contributed by atoms with E-state index in [0.29, 0.717) is 13.2 Å². The molecule has 8 heteroatoms. The van der Waals surface area contributed by atoms with Gasteiger partial charge in [0.05, 0.1) is 6.10 Å². The molecule has 1 saturated heterocycles. The monoisotopic (exact) mass is 420 g/mol. The van der Waals surface area contributed by atoms with Gasteiger partial charge in [0, 0.05) is 20.2 Å². The number of benzene rings is 2. The molecule has 0 radical (unpaired) electrons. The Hall–Kier alpha value is -2.29. The fourth-order valence-electron chi connectivity index (χ4n) is 3.39. The number of sulfonamides is 1. The molecule has 0 aliphatic carbocycles. The largest absolute Gasteiger partial charge is 0.376 e. The van der Waals surface area contributed by atoms with Crippen LogP contribution in [0, 0.1) is 5.82 Å². The Morgan fingerprint density at radius 1 is 1.21 bits per heavy atom. The molecule has 156 valence electrons. The number of carbonyl (C=O) groups excluding carboxylic acids is 1. The van der Waals surface area contributed by atoms with Crippen LogP contribution in [-0.2, 0) is 26.0 Å². The maximum atomic E-state index is 14.1. The average molecular weight is 421 g/mol. The Bertz CT molecular complexity index is 931. The van der Waals surface area contributed by atoms with Gasteiger partial charge in [-0.05, 0) is 37.0 Å². The van der Waals surface area contributed by atoms with Crippen LogP contribution in [0.4, 0.5) is 4.39 Å². The van der Waals surface area contributed by atoms with E-state index < -0.39 is 26.8 Å². The van der Waals surface area contributed by atoms with Gasteiger partial charge in [0.15, 0.2) is 0 Å². The first-order valence-electron chi connectivity index (χ1n) is 9.54. The van der Waals surface area contributed by atoms with E-state index in [0.717, 1.165) is 24.5 Å². The third kappa shape index (κ3) is 5.62. The van der Waals surface area contributed by atoms with Gasteiger partial charge >= 0.3 is 0 Å².